The number of hydrogen-bond acceptors (Lipinski definition) is 4. The van der Waals surface area contributed by atoms with E-state index in [2.05, 4.69) is 53.0 Å². The van der Waals surface area contributed by atoms with E-state index in [1.807, 2.05) is 24.5 Å². The van der Waals surface area contributed by atoms with E-state index in [-0.39, 0.29) is 5.54 Å². The average molecular weight is 266 g/mol. The van der Waals surface area contributed by atoms with Crippen molar-refractivity contribution >= 4 is 11.6 Å². The van der Waals surface area contributed by atoms with Gasteiger partial charge >= 0.3 is 0 Å². The lowest BCUT2D eigenvalue weighted by Crippen LogP contribution is -2.47. The van der Waals surface area contributed by atoms with Gasteiger partial charge in [0.15, 0.2) is 5.96 Å². The SMILES string of the molecule is Cc1ccc(N2C(N)=NCC2(C)c2ccncc2)cc1. The molecule has 0 amide bonds. The zero-order chi connectivity index (χ0) is 14.2. The van der Waals surface area contributed by atoms with Crippen LogP contribution in [-0.2, 0) is 5.54 Å². The van der Waals surface area contributed by atoms with Crippen molar-refractivity contribution in [3.63, 3.8) is 0 Å². The molecule has 0 bridgehead atoms. The lowest BCUT2D eigenvalue weighted by Gasteiger charge is -2.36. The van der Waals surface area contributed by atoms with Gasteiger partial charge in [0, 0.05) is 18.1 Å². The molecule has 4 nitrogen and oxygen atoms in total. The molecule has 102 valence electrons. The lowest BCUT2D eigenvalue weighted by molar-refractivity contribution is 0.532. The monoisotopic (exact) mass is 266 g/mol. The Morgan fingerprint density at radius 3 is 2.40 bits per heavy atom. The number of pyridine rings is 1. The van der Waals surface area contributed by atoms with Gasteiger partial charge in [-0.25, -0.2) is 0 Å². The van der Waals surface area contributed by atoms with Crippen molar-refractivity contribution < 1.29 is 0 Å². The van der Waals surface area contributed by atoms with Crippen molar-refractivity contribution in [1.29, 1.82) is 0 Å². The molecule has 1 aliphatic heterocycles. The van der Waals surface area contributed by atoms with Crippen LogP contribution in [0.1, 0.15) is 18.1 Å². The fraction of sp³-hybridized carbons (Fsp3) is 0.250. The van der Waals surface area contributed by atoms with Crippen molar-refractivity contribution in [2.75, 3.05) is 11.4 Å². The molecule has 0 fully saturated rings. The highest BCUT2D eigenvalue weighted by Gasteiger charge is 2.40. The highest BCUT2D eigenvalue weighted by molar-refractivity contribution is 5.98. The molecular formula is C16H18N4. The Labute approximate surface area is 119 Å². The number of nitrogens with zero attached hydrogens (tertiary/aromatic N) is 3. The summed E-state index contributed by atoms with van der Waals surface area (Å²) < 4.78 is 0. The molecule has 1 atom stereocenters. The van der Waals surface area contributed by atoms with E-state index in [4.69, 9.17) is 5.73 Å². The Balaban J connectivity index is 2.06. The molecule has 3 rings (SSSR count). The second-order valence-electron chi connectivity index (χ2n) is 5.36. The second-order valence-corrected chi connectivity index (χ2v) is 5.36. The third-order valence-electron chi connectivity index (χ3n) is 3.87. The van der Waals surface area contributed by atoms with Gasteiger partial charge in [-0.3, -0.25) is 9.98 Å². The van der Waals surface area contributed by atoms with E-state index in [1.54, 1.807) is 0 Å². The van der Waals surface area contributed by atoms with Crippen LogP contribution in [0.5, 0.6) is 0 Å². The third kappa shape index (κ3) is 1.93. The van der Waals surface area contributed by atoms with Gasteiger partial charge in [0.1, 0.15) is 0 Å². The van der Waals surface area contributed by atoms with Gasteiger partial charge in [0.25, 0.3) is 0 Å². The van der Waals surface area contributed by atoms with Crippen LogP contribution >= 0.6 is 0 Å². The van der Waals surface area contributed by atoms with Crippen molar-refractivity contribution in [2.45, 2.75) is 19.4 Å². The van der Waals surface area contributed by atoms with Crippen molar-refractivity contribution in [3.05, 3.63) is 59.9 Å². The Kier molecular flexibility index (Phi) is 2.93. The molecule has 1 unspecified atom stereocenters. The predicted octanol–water partition coefficient (Wildman–Crippen LogP) is 2.44. The molecule has 0 spiro atoms. The summed E-state index contributed by atoms with van der Waals surface area (Å²) in [5, 5.41) is 0. The molecule has 1 aromatic heterocycles. The van der Waals surface area contributed by atoms with Crippen LogP contribution in [0.2, 0.25) is 0 Å². The normalized spacial score (nSPS) is 21.9. The van der Waals surface area contributed by atoms with Gasteiger partial charge in [-0.15, -0.1) is 0 Å². The minimum atomic E-state index is -0.262. The van der Waals surface area contributed by atoms with Crippen LogP contribution in [0.4, 0.5) is 5.69 Å². The van der Waals surface area contributed by atoms with Gasteiger partial charge < -0.3 is 10.6 Å². The summed E-state index contributed by atoms with van der Waals surface area (Å²) in [5.41, 5.74) is 9.32. The third-order valence-corrected chi connectivity index (χ3v) is 3.87. The van der Waals surface area contributed by atoms with Crippen molar-refractivity contribution in [1.82, 2.24) is 4.98 Å². The minimum absolute atomic E-state index is 0.262. The first-order valence-corrected chi connectivity index (χ1v) is 6.68. The maximum atomic E-state index is 6.12. The van der Waals surface area contributed by atoms with Gasteiger partial charge in [-0.2, -0.15) is 0 Å². The summed E-state index contributed by atoms with van der Waals surface area (Å²) in [6, 6.07) is 12.4. The van der Waals surface area contributed by atoms with Crippen LogP contribution in [0.15, 0.2) is 53.8 Å². The predicted molar refractivity (Wildman–Crippen MR) is 81.7 cm³/mol. The van der Waals surface area contributed by atoms with Crippen LogP contribution in [0, 0.1) is 6.92 Å². The summed E-state index contributed by atoms with van der Waals surface area (Å²) in [7, 11) is 0. The van der Waals surface area contributed by atoms with E-state index in [1.165, 1.54) is 5.56 Å². The smallest absolute Gasteiger partial charge is 0.196 e. The maximum Gasteiger partial charge on any atom is 0.196 e. The van der Waals surface area contributed by atoms with Gasteiger partial charge in [0.05, 0.1) is 12.1 Å². The highest BCUT2D eigenvalue weighted by atomic mass is 15.4. The highest BCUT2D eigenvalue weighted by Crippen LogP contribution is 2.36. The molecule has 2 heterocycles. The topological polar surface area (TPSA) is 54.5 Å². The average Bonchev–Trinajstić information content (AvgIpc) is 2.78. The largest absolute Gasteiger partial charge is 0.369 e. The van der Waals surface area contributed by atoms with E-state index in [0.717, 1.165) is 11.3 Å². The van der Waals surface area contributed by atoms with Crippen LogP contribution < -0.4 is 10.6 Å². The first-order chi connectivity index (χ1) is 9.61. The molecular weight excluding hydrogens is 248 g/mol. The summed E-state index contributed by atoms with van der Waals surface area (Å²) in [6.45, 7) is 4.88. The first kappa shape index (κ1) is 12.7. The van der Waals surface area contributed by atoms with Gasteiger partial charge in [-0.05, 0) is 43.7 Å². The Hall–Kier alpha value is -2.36. The van der Waals surface area contributed by atoms with Crippen molar-refractivity contribution in [2.24, 2.45) is 10.7 Å². The Bertz CT molecular complexity index is 633. The number of aliphatic imine (C=N–C) groups is 1. The molecule has 2 N–H and O–H groups in total. The number of hydrogen-bond donors (Lipinski definition) is 1. The van der Waals surface area contributed by atoms with Crippen LogP contribution in [0.3, 0.4) is 0 Å². The molecule has 0 saturated heterocycles. The van der Waals surface area contributed by atoms with E-state index < -0.39 is 0 Å². The summed E-state index contributed by atoms with van der Waals surface area (Å²) in [4.78, 5) is 10.6. The standard InChI is InChI=1S/C16H18N4/c1-12-3-5-14(6-4-12)20-15(17)19-11-16(20,2)13-7-9-18-10-8-13/h3-10H,11H2,1-2H3,(H2,17,19). The van der Waals surface area contributed by atoms with Gasteiger partial charge in [0.2, 0.25) is 0 Å². The van der Waals surface area contributed by atoms with Gasteiger partial charge in [-0.1, -0.05) is 17.7 Å². The van der Waals surface area contributed by atoms with Crippen molar-refractivity contribution in [3.8, 4) is 0 Å². The molecule has 1 aromatic carbocycles. The quantitative estimate of drug-likeness (QED) is 0.908. The number of guanidine groups is 1. The van der Waals surface area contributed by atoms with E-state index >= 15 is 0 Å². The number of nitrogens with two attached hydrogens (primary N) is 1. The summed E-state index contributed by atoms with van der Waals surface area (Å²) in [6.07, 6.45) is 3.62. The fourth-order valence-corrected chi connectivity index (χ4v) is 2.67. The number of aryl methyl sites for hydroxylation is 1. The maximum absolute atomic E-state index is 6.12. The molecule has 0 saturated carbocycles. The summed E-state index contributed by atoms with van der Waals surface area (Å²) >= 11 is 0. The number of aromatic nitrogens is 1. The first-order valence-electron chi connectivity index (χ1n) is 6.68. The Morgan fingerprint density at radius 2 is 1.75 bits per heavy atom. The van der Waals surface area contributed by atoms with E-state index in [0.29, 0.717) is 12.5 Å². The van der Waals surface area contributed by atoms with Crippen LogP contribution in [-0.4, -0.2) is 17.5 Å². The van der Waals surface area contributed by atoms with Crippen LogP contribution in [0.25, 0.3) is 0 Å². The molecule has 2 aromatic rings. The summed E-state index contributed by atoms with van der Waals surface area (Å²) in [5.74, 6) is 0.563. The number of rotatable bonds is 2. The molecule has 4 heteroatoms. The Morgan fingerprint density at radius 1 is 1.10 bits per heavy atom. The second kappa shape index (κ2) is 4.63. The molecule has 1 aliphatic rings. The fourth-order valence-electron chi connectivity index (χ4n) is 2.67. The lowest BCUT2D eigenvalue weighted by atomic mass is 9.91. The molecule has 0 aliphatic carbocycles. The minimum Gasteiger partial charge on any atom is -0.369 e. The zero-order valence-electron chi connectivity index (χ0n) is 11.7. The number of benzene rings is 1. The molecule has 20 heavy (non-hydrogen) atoms. The zero-order valence-corrected chi connectivity index (χ0v) is 11.7. The number of anilines is 1. The van der Waals surface area contributed by atoms with E-state index in [9.17, 15) is 0 Å². The molecule has 0 radical (unpaired) electrons.